The van der Waals surface area contributed by atoms with Gasteiger partial charge in [-0.1, -0.05) is 6.07 Å². The van der Waals surface area contributed by atoms with E-state index in [1.54, 1.807) is 0 Å². The Labute approximate surface area is 134 Å². The molecule has 2 aromatic rings. The highest BCUT2D eigenvalue weighted by Crippen LogP contribution is 2.30. The zero-order valence-electron chi connectivity index (χ0n) is 12.6. The van der Waals surface area contributed by atoms with Crippen molar-refractivity contribution < 1.29 is 22.7 Å². The van der Waals surface area contributed by atoms with Crippen molar-refractivity contribution in [1.29, 1.82) is 0 Å². The molecule has 128 valence electrons. The SMILES string of the molecule is CO[C@@H]1CN(C(=O)c2cccc(C(F)(F)F)n2)C[C@H]1c1cn[nH]n1. The van der Waals surface area contributed by atoms with Gasteiger partial charge >= 0.3 is 6.18 Å². The number of halogens is 3. The van der Waals surface area contributed by atoms with Crippen molar-refractivity contribution in [3.8, 4) is 0 Å². The number of nitrogens with zero attached hydrogens (tertiary/aromatic N) is 4. The summed E-state index contributed by atoms with van der Waals surface area (Å²) in [5.74, 6) is -0.780. The van der Waals surface area contributed by atoms with E-state index in [-0.39, 0.29) is 30.8 Å². The topological polar surface area (TPSA) is 84.0 Å². The molecule has 24 heavy (non-hydrogen) atoms. The molecule has 1 amide bonds. The molecule has 1 saturated heterocycles. The molecule has 0 aromatic carbocycles. The van der Waals surface area contributed by atoms with Crippen LogP contribution in [0.15, 0.2) is 24.4 Å². The van der Waals surface area contributed by atoms with Gasteiger partial charge in [-0.05, 0) is 12.1 Å². The first kappa shape index (κ1) is 16.4. The minimum absolute atomic E-state index is 0.205. The number of nitrogens with one attached hydrogen (secondary N) is 1. The van der Waals surface area contributed by atoms with Crippen molar-refractivity contribution in [2.75, 3.05) is 20.2 Å². The van der Waals surface area contributed by atoms with Crippen LogP contribution >= 0.6 is 0 Å². The van der Waals surface area contributed by atoms with E-state index in [0.29, 0.717) is 5.69 Å². The second kappa shape index (κ2) is 6.19. The summed E-state index contributed by atoms with van der Waals surface area (Å²) in [5, 5.41) is 10.2. The monoisotopic (exact) mass is 341 g/mol. The molecule has 2 atom stereocenters. The molecule has 7 nitrogen and oxygen atoms in total. The summed E-state index contributed by atoms with van der Waals surface area (Å²) < 4.78 is 43.6. The van der Waals surface area contributed by atoms with E-state index in [1.165, 1.54) is 30.3 Å². The third-order valence-electron chi connectivity index (χ3n) is 3.93. The zero-order valence-corrected chi connectivity index (χ0v) is 12.6. The van der Waals surface area contributed by atoms with Gasteiger partial charge in [-0.2, -0.15) is 28.6 Å². The normalized spacial score (nSPS) is 21.2. The fourth-order valence-corrected chi connectivity index (χ4v) is 2.73. The van der Waals surface area contributed by atoms with Crippen LogP contribution in [0, 0.1) is 0 Å². The lowest BCUT2D eigenvalue weighted by molar-refractivity contribution is -0.141. The van der Waals surface area contributed by atoms with Crippen molar-refractivity contribution in [2.45, 2.75) is 18.2 Å². The molecule has 0 saturated carbocycles. The third kappa shape index (κ3) is 3.09. The predicted octanol–water partition coefficient (Wildman–Crippen LogP) is 1.47. The Morgan fingerprint density at radius 1 is 1.38 bits per heavy atom. The molecule has 1 aliphatic heterocycles. The first-order valence-corrected chi connectivity index (χ1v) is 7.12. The number of carbonyl (C=O) groups is 1. The van der Waals surface area contributed by atoms with Crippen molar-refractivity contribution in [1.82, 2.24) is 25.3 Å². The minimum Gasteiger partial charge on any atom is -0.379 e. The first-order valence-electron chi connectivity index (χ1n) is 7.12. The van der Waals surface area contributed by atoms with Gasteiger partial charge in [-0.25, -0.2) is 4.98 Å². The minimum atomic E-state index is -4.60. The number of hydrogen-bond donors (Lipinski definition) is 1. The molecule has 10 heteroatoms. The highest BCUT2D eigenvalue weighted by atomic mass is 19.4. The molecule has 0 unspecified atom stereocenters. The van der Waals surface area contributed by atoms with Crippen LogP contribution in [0.2, 0.25) is 0 Å². The van der Waals surface area contributed by atoms with Crippen LogP contribution < -0.4 is 0 Å². The number of rotatable bonds is 3. The van der Waals surface area contributed by atoms with Gasteiger partial charge in [0, 0.05) is 20.2 Å². The van der Waals surface area contributed by atoms with Crippen LogP contribution in [-0.2, 0) is 10.9 Å². The number of alkyl halides is 3. The number of aromatic nitrogens is 4. The van der Waals surface area contributed by atoms with Crippen LogP contribution in [0.1, 0.15) is 27.8 Å². The first-order chi connectivity index (χ1) is 11.4. The Morgan fingerprint density at radius 2 is 2.17 bits per heavy atom. The van der Waals surface area contributed by atoms with E-state index in [4.69, 9.17) is 4.74 Å². The zero-order chi connectivity index (χ0) is 17.3. The van der Waals surface area contributed by atoms with E-state index in [2.05, 4.69) is 20.4 Å². The Bertz CT molecular complexity index is 719. The standard InChI is InChI=1S/C14H14F3N5O2/c1-24-11-7-22(6-8(11)10-5-18-21-20-10)13(23)9-3-2-4-12(19-9)14(15,16)17/h2-5,8,11H,6-7H2,1H3,(H,18,20,21)/t8-,11+/m0/s1. The molecule has 1 N–H and O–H groups in total. The molecule has 0 bridgehead atoms. The van der Waals surface area contributed by atoms with E-state index >= 15 is 0 Å². The average Bonchev–Trinajstić information content (AvgIpc) is 3.22. The van der Waals surface area contributed by atoms with Gasteiger partial charge in [0.1, 0.15) is 11.4 Å². The van der Waals surface area contributed by atoms with Gasteiger partial charge < -0.3 is 9.64 Å². The summed E-state index contributed by atoms with van der Waals surface area (Å²) in [7, 11) is 1.51. The highest BCUT2D eigenvalue weighted by molar-refractivity contribution is 5.92. The Morgan fingerprint density at radius 3 is 2.79 bits per heavy atom. The summed E-state index contributed by atoms with van der Waals surface area (Å²) in [6.07, 6.45) is -3.38. The predicted molar refractivity (Wildman–Crippen MR) is 75.1 cm³/mol. The molecule has 0 radical (unpaired) electrons. The van der Waals surface area contributed by atoms with Gasteiger partial charge in [0.25, 0.3) is 5.91 Å². The Hall–Kier alpha value is -2.49. The molecule has 0 spiro atoms. The maximum absolute atomic E-state index is 12.7. The summed E-state index contributed by atoms with van der Waals surface area (Å²) >= 11 is 0. The lowest BCUT2D eigenvalue weighted by Gasteiger charge is -2.16. The van der Waals surface area contributed by atoms with E-state index in [9.17, 15) is 18.0 Å². The molecule has 3 heterocycles. The molecular weight excluding hydrogens is 327 g/mol. The molecule has 3 rings (SSSR count). The van der Waals surface area contributed by atoms with Gasteiger partial charge in [0.15, 0.2) is 0 Å². The Kier molecular flexibility index (Phi) is 4.22. The number of aromatic amines is 1. The van der Waals surface area contributed by atoms with Crippen molar-refractivity contribution in [2.24, 2.45) is 0 Å². The van der Waals surface area contributed by atoms with Crippen LogP contribution in [0.3, 0.4) is 0 Å². The lowest BCUT2D eigenvalue weighted by atomic mass is 10.0. The van der Waals surface area contributed by atoms with Crippen LogP contribution in [-0.4, -0.2) is 57.5 Å². The fraction of sp³-hybridized carbons (Fsp3) is 0.429. The van der Waals surface area contributed by atoms with Gasteiger partial charge in [-0.15, -0.1) is 0 Å². The maximum atomic E-state index is 12.7. The number of carbonyl (C=O) groups excluding carboxylic acids is 1. The largest absolute Gasteiger partial charge is 0.433 e. The molecule has 0 aliphatic carbocycles. The third-order valence-corrected chi connectivity index (χ3v) is 3.93. The lowest BCUT2D eigenvalue weighted by Crippen LogP contribution is -2.31. The quantitative estimate of drug-likeness (QED) is 0.914. The highest BCUT2D eigenvalue weighted by Gasteiger charge is 2.39. The molecule has 1 fully saturated rings. The number of pyridine rings is 1. The van der Waals surface area contributed by atoms with E-state index in [1.807, 2.05) is 0 Å². The number of amides is 1. The summed E-state index contributed by atoms with van der Waals surface area (Å²) in [5.41, 5.74) is -0.710. The second-order valence-electron chi connectivity index (χ2n) is 5.39. The summed E-state index contributed by atoms with van der Waals surface area (Å²) in [4.78, 5) is 17.3. The Balaban J connectivity index is 1.81. The number of likely N-dealkylation sites (tertiary alicyclic amines) is 1. The van der Waals surface area contributed by atoms with Crippen LogP contribution in [0.25, 0.3) is 0 Å². The van der Waals surface area contributed by atoms with Crippen LogP contribution in [0.5, 0.6) is 0 Å². The number of H-pyrrole nitrogens is 1. The van der Waals surface area contributed by atoms with E-state index in [0.717, 1.165) is 6.07 Å². The smallest absolute Gasteiger partial charge is 0.379 e. The van der Waals surface area contributed by atoms with Crippen LogP contribution in [0.4, 0.5) is 13.2 Å². The maximum Gasteiger partial charge on any atom is 0.433 e. The number of ether oxygens (including phenoxy) is 1. The van der Waals surface area contributed by atoms with Gasteiger partial charge in [0.2, 0.25) is 0 Å². The van der Waals surface area contributed by atoms with Crippen molar-refractivity contribution in [3.63, 3.8) is 0 Å². The summed E-state index contributed by atoms with van der Waals surface area (Å²) in [6, 6.07) is 3.27. The average molecular weight is 341 g/mol. The molecule has 2 aromatic heterocycles. The number of methoxy groups -OCH3 is 1. The summed E-state index contributed by atoms with van der Waals surface area (Å²) in [6.45, 7) is 0.507. The number of hydrogen-bond acceptors (Lipinski definition) is 5. The van der Waals surface area contributed by atoms with Gasteiger partial charge in [-0.3, -0.25) is 4.79 Å². The molecule has 1 aliphatic rings. The van der Waals surface area contributed by atoms with E-state index < -0.39 is 17.8 Å². The fourth-order valence-electron chi connectivity index (χ4n) is 2.73. The van der Waals surface area contributed by atoms with Crippen molar-refractivity contribution in [3.05, 3.63) is 41.5 Å². The molecular formula is C14H14F3N5O2. The second-order valence-corrected chi connectivity index (χ2v) is 5.39. The van der Waals surface area contributed by atoms with Crippen molar-refractivity contribution >= 4 is 5.91 Å². The van der Waals surface area contributed by atoms with Gasteiger partial charge in [0.05, 0.1) is 23.9 Å².